The Hall–Kier alpha value is -4.12. The lowest BCUT2D eigenvalue weighted by atomic mass is 9.95. The maximum Gasteiger partial charge on any atom is 0.261 e. The lowest BCUT2D eigenvalue weighted by Gasteiger charge is -2.22. The first kappa shape index (κ1) is 28.9. The quantitative estimate of drug-likeness (QED) is 0.354. The number of thiophene rings is 1. The molecule has 2 aromatic carbocycles. The molecule has 0 atom stereocenters. The molecule has 1 aliphatic carbocycles. The molecular weight excluding hydrogens is 536 g/mol. The van der Waals surface area contributed by atoms with Gasteiger partial charge in [-0.05, 0) is 43.4 Å². The molecule has 214 valence electrons. The van der Waals surface area contributed by atoms with Crippen molar-refractivity contribution in [2.24, 2.45) is 0 Å². The minimum Gasteiger partial charge on any atom is -0.493 e. The van der Waals surface area contributed by atoms with Gasteiger partial charge in [0.05, 0.1) is 53.9 Å². The van der Waals surface area contributed by atoms with Gasteiger partial charge < -0.3 is 38.6 Å². The van der Waals surface area contributed by atoms with Crippen molar-refractivity contribution in [1.29, 1.82) is 0 Å². The molecule has 1 N–H and O–H groups in total. The van der Waals surface area contributed by atoms with Crippen molar-refractivity contribution in [3.8, 4) is 34.5 Å². The van der Waals surface area contributed by atoms with E-state index in [1.165, 1.54) is 58.9 Å². The van der Waals surface area contributed by atoms with Crippen LogP contribution >= 0.6 is 11.3 Å². The van der Waals surface area contributed by atoms with Crippen molar-refractivity contribution >= 4 is 33.8 Å². The highest BCUT2D eigenvalue weighted by Crippen LogP contribution is 2.44. The lowest BCUT2D eigenvalue weighted by molar-refractivity contribution is 0.0993. The van der Waals surface area contributed by atoms with Gasteiger partial charge >= 0.3 is 0 Å². The van der Waals surface area contributed by atoms with Gasteiger partial charge in [0.2, 0.25) is 11.5 Å². The van der Waals surface area contributed by atoms with Crippen LogP contribution in [0.5, 0.6) is 34.5 Å². The largest absolute Gasteiger partial charge is 0.493 e. The summed E-state index contributed by atoms with van der Waals surface area (Å²) in [6.07, 6.45) is 3.62. The van der Waals surface area contributed by atoms with Crippen molar-refractivity contribution in [1.82, 2.24) is 0 Å². The topological polar surface area (TPSA) is 105 Å². The second-order valence-electron chi connectivity index (χ2n) is 9.03. The second-order valence-corrected chi connectivity index (χ2v) is 10.1. The average Bonchev–Trinajstić information content (AvgIpc) is 3.35. The first-order valence-corrected chi connectivity index (χ1v) is 13.5. The van der Waals surface area contributed by atoms with E-state index in [1.807, 2.05) is 0 Å². The molecule has 0 aliphatic heterocycles. The number of rotatable bonds is 10. The van der Waals surface area contributed by atoms with Crippen LogP contribution in [0.4, 0.5) is 10.7 Å². The third-order valence-electron chi connectivity index (χ3n) is 6.88. The van der Waals surface area contributed by atoms with Gasteiger partial charge in [-0.1, -0.05) is 0 Å². The number of benzene rings is 2. The molecule has 2 amide bonds. The third kappa shape index (κ3) is 5.33. The number of nitrogens with one attached hydrogen (secondary N) is 1. The first-order valence-electron chi connectivity index (χ1n) is 12.7. The van der Waals surface area contributed by atoms with Gasteiger partial charge in [0, 0.05) is 29.6 Å². The minimum atomic E-state index is -0.401. The van der Waals surface area contributed by atoms with Gasteiger partial charge in [0.1, 0.15) is 5.00 Å². The van der Waals surface area contributed by atoms with Crippen molar-refractivity contribution in [3.05, 3.63) is 45.8 Å². The summed E-state index contributed by atoms with van der Waals surface area (Å²) >= 11 is 1.44. The Labute approximate surface area is 237 Å². The number of fused-ring (bicyclic) bond motifs is 1. The number of hydrogen-bond acceptors (Lipinski definition) is 9. The van der Waals surface area contributed by atoms with Crippen LogP contribution in [0.2, 0.25) is 0 Å². The smallest absolute Gasteiger partial charge is 0.261 e. The predicted molar refractivity (Wildman–Crippen MR) is 154 cm³/mol. The molecule has 1 heterocycles. The van der Waals surface area contributed by atoms with Crippen LogP contribution in [-0.4, -0.2) is 61.5 Å². The molecule has 40 heavy (non-hydrogen) atoms. The molecular formula is C29H34N2O8S. The van der Waals surface area contributed by atoms with Gasteiger partial charge in [-0.25, -0.2) is 0 Å². The van der Waals surface area contributed by atoms with Crippen LogP contribution in [0, 0.1) is 0 Å². The Balaban J connectivity index is 1.74. The Bertz CT molecular complexity index is 1370. The van der Waals surface area contributed by atoms with Crippen LogP contribution in [-0.2, 0) is 12.8 Å². The number of methoxy groups -OCH3 is 6. The molecule has 0 bridgehead atoms. The Morgan fingerprint density at radius 1 is 0.750 bits per heavy atom. The number of carbonyl (C=O) groups excluding carboxylic acids is 2. The number of ether oxygens (including phenoxy) is 6. The van der Waals surface area contributed by atoms with E-state index in [9.17, 15) is 9.59 Å². The summed E-state index contributed by atoms with van der Waals surface area (Å²) in [6, 6.07) is 6.58. The zero-order valence-corrected chi connectivity index (χ0v) is 24.6. The molecule has 4 rings (SSSR count). The summed E-state index contributed by atoms with van der Waals surface area (Å²) in [5, 5.41) is 3.48. The van der Waals surface area contributed by atoms with E-state index >= 15 is 0 Å². The molecule has 0 unspecified atom stereocenters. The highest BCUT2D eigenvalue weighted by molar-refractivity contribution is 7.17. The van der Waals surface area contributed by atoms with E-state index in [0.717, 1.165) is 36.1 Å². The fraction of sp³-hybridized carbons (Fsp3) is 0.379. The SMILES string of the molecule is COc1cc(C(=O)Nc2sc3c(c2C(=O)N(C)c2cc(OC)c(OC)c(OC)c2)CCCC3)cc(OC)c1OC. The van der Waals surface area contributed by atoms with Crippen molar-refractivity contribution in [3.63, 3.8) is 0 Å². The van der Waals surface area contributed by atoms with Crippen LogP contribution < -0.4 is 38.6 Å². The summed E-state index contributed by atoms with van der Waals surface area (Å²) in [5.74, 6) is 1.74. The van der Waals surface area contributed by atoms with E-state index in [-0.39, 0.29) is 5.91 Å². The molecule has 0 saturated heterocycles. The molecule has 10 nitrogen and oxygen atoms in total. The maximum atomic E-state index is 14.1. The van der Waals surface area contributed by atoms with E-state index in [4.69, 9.17) is 28.4 Å². The van der Waals surface area contributed by atoms with Gasteiger partial charge in [-0.2, -0.15) is 0 Å². The molecule has 0 radical (unpaired) electrons. The molecule has 0 spiro atoms. The van der Waals surface area contributed by atoms with E-state index in [1.54, 1.807) is 31.3 Å². The summed E-state index contributed by atoms with van der Waals surface area (Å²) in [7, 11) is 10.7. The zero-order chi connectivity index (χ0) is 29.0. The second kappa shape index (κ2) is 12.4. The maximum absolute atomic E-state index is 14.1. The Morgan fingerprint density at radius 2 is 1.25 bits per heavy atom. The molecule has 0 saturated carbocycles. The summed E-state index contributed by atoms with van der Waals surface area (Å²) in [6.45, 7) is 0. The molecule has 11 heteroatoms. The number of anilines is 2. The number of amides is 2. The molecule has 3 aromatic rings. The third-order valence-corrected chi connectivity index (χ3v) is 8.09. The number of aryl methyl sites for hydroxylation is 1. The van der Waals surface area contributed by atoms with Gasteiger partial charge in [0.25, 0.3) is 11.8 Å². The van der Waals surface area contributed by atoms with E-state index in [0.29, 0.717) is 56.3 Å². The number of nitrogens with zero attached hydrogens (tertiary/aromatic N) is 1. The standard InChI is InChI=1S/C29H34N2O8S/c1-31(17-14-21(36-4)26(39-7)22(15-17)37-5)29(33)24-18-10-8-9-11-23(18)40-28(24)30-27(32)16-12-19(34-2)25(38-6)20(13-16)35-3/h12-15H,8-11H2,1-7H3,(H,30,32). The van der Waals surface area contributed by atoms with E-state index < -0.39 is 5.91 Å². The fourth-order valence-electron chi connectivity index (χ4n) is 4.81. The van der Waals surface area contributed by atoms with Crippen LogP contribution in [0.3, 0.4) is 0 Å². The van der Waals surface area contributed by atoms with Gasteiger partial charge in [0.15, 0.2) is 23.0 Å². The van der Waals surface area contributed by atoms with Crippen molar-refractivity contribution in [2.45, 2.75) is 25.7 Å². The molecule has 0 fully saturated rings. The minimum absolute atomic E-state index is 0.256. The van der Waals surface area contributed by atoms with Crippen LogP contribution in [0.15, 0.2) is 24.3 Å². The Morgan fingerprint density at radius 3 is 1.75 bits per heavy atom. The molecule has 1 aromatic heterocycles. The van der Waals surface area contributed by atoms with Gasteiger partial charge in [-0.15, -0.1) is 11.3 Å². The number of carbonyl (C=O) groups is 2. The summed E-state index contributed by atoms with van der Waals surface area (Å²) in [5.41, 5.74) is 2.31. The van der Waals surface area contributed by atoms with Crippen molar-refractivity contribution < 1.29 is 38.0 Å². The first-order chi connectivity index (χ1) is 19.3. The highest BCUT2D eigenvalue weighted by Gasteiger charge is 2.30. The summed E-state index contributed by atoms with van der Waals surface area (Å²) in [4.78, 5) is 30.2. The van der Waals surface area contributed by atoms with Crippen LogP contribution in [0.1, 0.15) is 44.0 Å². The molecule has 1 aliphatic rings. The Kier molecular flexibility index (Phi) is 8.93. The van der Waals surface area contributed by atoms with Gasteiger partial charge in [-0.3, -0.25) is 9.59 Å². The van der Waals surface area contributed by atoms with Crippen LogP contribution in [0.25, 0.3) is 0 Å². The zero-order valence-electron chi connectivity index (χ0n) is 23.8. The monoisotopic (exact) mass is 570 g/mol. The fourth-order valence-corrected chi connectivity index (χ4v) is 6.09. The van der Waals surface area contributed by atoms with Crippen molar-refractivity contribution in [2.75, 3.05) is 59.9 Å². The predicted octanol–water partition coefficient (Wildman–Crippen LogP) is 5.21. The summed E-state index contributed by atoms with van der Waals surface area (Å²) < 4.78 is 32.6. The highest BCUT2D eigenvalue weighted by atomic mass is 32.1. The van der Waals surface area contributed by atoms with E-state index in [2.05, 4.69) is 5.32 Å². The lowest BCUT2D eigenvalue weighted by Crippen LogP contribution is -2.28. The average molecular weight is 571 g/mol. The normalized spacial score (nSPS) is 12.2. The number of hydrogen-bond donors (Lipinski definition) is 1.